The van der Waals surface area contributed by atoms with Gasteiger partial charge in [0.2, 0.25) is 0 Å². The normalized spacial score (nSPS) is 29.5. The van der Waals surface area contributed by atoms with E-state index < -0.39 is 5.60 Å². The number of nitrogens with zero attached hydrogens (tertiary/aromatic N) is 2. The topological polar surface area (TPSA) is 56.5 Å². The Morgan fingerprint density at radius 2 is 1.95 bits per heavy atom. The summed E-state index contributed by atoms with van der Waals surface area (Å²) in [5.74, 6) is 1.16. The fraction of sp³-hybridized carbons (Fsp3) is 0.588. The molecule has 3 aliphatic rings. The minimum atomic E-state index is -0.698. The summed E-state index contributed by atoms with van der Waals surface area (Å²) >= 11 is 0. The molecule has 3 heterocycles. The molecule has 0 saturated carbocycles. The molecule has 3 aliphatic heterocycles. The molecule has 4 rings (SSSR count). The molecule has 0 amide bonds. The van der Waals surface area contributed by atoms with Crippen molar-refractivity contribution in [2.24, 2.45) is 5.92 Å². The third-order valence-electron chi connectivity index (χ3n) is 4.78. The lowest BCUT2D eigenvalue weighted by Gasteiger charge is -2.50. The first-order chi connectivity index (χ1) is 10.2. The maximum atomic E-state index is 10.8. The van der Waals surface area contributed by atoms with E-state index in [4.69, 9.17) is 10.00 Å². The second-order valence-corrected chi connectivity index (χ2v) is 6.24. The highest BCUT2D eigenvalue weighted by atomic mass is 16.5. The summed E-state index contributed by atoms with van der Waals surface area (Å²) in [6, 6.07) is 9.99. The monoisotopic (exact) mass is 300 g/mol. The summed E-state index contributed by atoms with van der Waals surface area (Å²) in [5, 5.41) is 19.4. The number of fused-ring (bicyclic) bond motifs is 3. The lowest BCUT2D eigenvalue weighted by atomic mass is 9.76. The van der Waals surface area contributed by atoms with Crippen LogP contribution >= 0.6 is 0 Å². The molecule has 1 atom stereocenters. The zero-order valence-corrected chi connectivity index (χ0v) is 12.3. The average Bonchev–Trinajstić information content (AvgIpc) is 2.53. The van der Waals surface area contributed by atoms with Gasteiger partial charge >= 0.3 is 0 Å². The molecule has 3 fully saturated rings. The minimum absolute atomic E-state index is 0. The number of piperidine rings is 3. The summed E-state index contributed by atoms with van der Waals surface area (Å²) in [7, 11) is 0. The molecule has 5 heteroatoms. The Kier molecular flexibility index (Phi) is 5.49. The van der Waals surface area contributed by atoms with Crippen molar-refractivity contribution in [2.45, 2.75) is 31.3 Å². The van der Waals surface area contributed by atoms with Gasteiger partial charge in [-0.2, -0.15) is 5.26 Å². The highest BCUT2D eigenvalue weighted by Gasteiger charge is 2.45. The van der Waals surface area contributed by atoms with E-state index in [9.17, 15) is 5.11 Å². The Hall–Kier alpha value is -1.51. The van der Waals surface area contributed by atoms with Crippen LogP contribution in [0.4, 0.5) is 0 Å². The van der Waals surface area contributed by atoms with Crippen LogP contribution in [0.2, 0.25) is 0 Å². The van der Waals surface area contributed by atoms with E-state index in [0.717, 1.165) is 50.2 Å². The van der Waals surface area contributed by atoms with Gasteiger partial charge < -0.3 is 14.7 Å². The molecule has 1 N–H and O–H groups in total. The zero-order chi connectivity index (χ0) is 14.7. The van der Waals surface area contributed by atoms with Crippen LogP contribution in [0.1, 0.15) is 24.8 Å². The summed E-state index contributed by atoms with van der Waals surface area (Å²) in [4.78, 5) is 2.33. The van der Waals surface area contributed by atoms with Gasteiger partial charge in [-0.05, 0) is 56.0 Å². The number of aliphatic hydroxyl groups is 1. The third kappa shape index (κ3) is 3.63. The van der Waals surface area contributed by atoms with Gasteiger partial charge in [-0.1, -0.05) is 12.1 Å². The van der Waals surface area contributed by atoms with E-state index in [1.807, 2.05) is 24.3 Å². The number of rotatable bonds is 5. The van der Waals surface area contributed by atoms with E-state index in [0.29, 0.717) is 18.9 Å². The molecular weight excluding hydrogens is 275 g/mol. The minimum Gasteiger partial charge on any atom is -0.491 e. The van der Waals surface area contributed by atoms with Crippen LogP contribution in [0.5, 0.6) is 5.75 Å². The SMILES string of the molecule is B.N#CCCc1ccc(OCC2(O)CN3CCC2CC3)cc1. The number of aryl methyl sites for hydroxylation is 1. The zero-order valence-electron chi connectivity index (χ0n) is 12.3. The van der Waals surface area contributed by atoms with Crippen molar-refractivity contribution in [3.63, 3.8) is 0 Å². The molecule has 118 valence electrons. The fourth-order valence-corrected chi connectivity index (χ4v) is 3.47. The Morgan fingerprint density at radius 3 is 2.50 bits per heavy atom. The van der Waals surface area contributed by atoms with Crippen LogP contribution in [0.15, 0.2) is 24.3 Å². The molecule has 0 aromatic heterocycles. The summed E-state index contributed by atoms with van der Waals surface area (Å²) in [6.45, 7) is 3.32. The number of hydrogen-bond donors (Lipinski definition) is 1. The predicted molar refractivity (Wildman–Crippen MR) is 89.9 cm³/mol. The lowest BCUT2D eigenvalue weighted by Crippen LogP contribution is -2.61. The number of ether oxygens (including phenoxy) is 1. The first kappa shape index (κ1) is 16.9. The first-order valence-corrected chi connectivity index (χ1v) is 7.73. The number of nitriles is 1. The fourth-order valence-electron chi connectivity index (χ4n) is 3.47. The van der Waals surface area contributed by atoms with E-state index >= 15 is 0 Å². The Morgan fingerprint density at radius 1 is 1.27 bits per heavy atom. The first-order valence-electron chi connectivity index (χ1n) is 7.73. The summed E-state index contributed by atoms with van der Waals surface area (Å²) in [5.41, 5.74) is 0.445. The van der Waals surface area contributed by atoms with Gasteiger partial charge in [0.05, 0.1) is 14.5 Å². The second-order valence-electron chi connectivity index (χ2n) is 6.24. The maximum absolute atomic E-state index is 10.8. The van der Waals surface area contributed by atoms with Gasteiger partial charge in [0, 0.05) is 13.0 Å². The smallest absolute Gasteiger partial charge is 0.119 e. The van der Waals surface area contributed by atoms with Crippen molar-refractivity contribution in [1.29, 1.82) is 5.26 Å². The van der Waals surface area contributed by atoms with Gasteiger partial charge in [0.15, 0.2) is 0 Å². The molecule has 3 saturated heterocycles. The summed E-state index contributed by atoms with van der Waals surface area (Å²) < 4.78 is 5.82. The van der Waals surface area contributed by atoms with Gasteiger partial charge in [-0.25, -0.2) is 0 Å². The average molecular weight is 300 g/mol. The van der Waals surface area contributed by atoms with Crippen molar-refractivity contribution in [2.75, 3.05) is 26.2 Å². The second kappa shape index (κ2) is 7.17. The van der Waals surface area contributed by atoms with Crippen molar-refractivity contribution >= 4 is 8.41 Å². The van der Waals surface area contributed by atoms with E-state index in [1.54, 1.807) is 0 Å². The van der Waals surface area contributed by atoms with Gasteiger partial charge in [0.25, 0.3) is 0 Å². The van der Waals surface area contributed by atoms with Crippen molar-refractivity contribution in [3.8, 4) is 11.8 Å². The van der Waals surface area contributed by atoms with Crippen LogP contribution in [-0.2, 0) is 6.42 Å². The molecule has 22 heavy (non-hydrogen) atoms. The highest BCUT2D eigenvalue weighted by molar-refractivity contribution is 5.75. The maximum Gasteiger partial charge on any atom is 0.119 e. The van der Waals surface area contributed by atoms with Crippen LogP contribution in [0.25, 0.3) is 0 Å². The molecule has 1 unspecified atom stereocenters. The molecule has 0 spiro atoms. The molecule has 1 aromatic rings. The third-order valence-corrected chi connectivity index (χ3v) is 4.78. The van der Waals surface area contributed by atoms with Crippen LogP contribution in [0.3, 0.4) is 0 Å². The molecule has 0 radical (unpaired) electrons. The number of benzene rings is 1. The predicted octanol–water partition coefficient (Wildman–Crippen LogP) is 0.794. The lowest BCUT2D eigenvalue weighted by molar-refractivity contribution is -0.131. The van der Waals surface area contributed by atoms with Crippen molar-refractivity contribution < 1.29 is 9.84 Å². The van der Waals surface area contributed by atoms with Crippen LogP contribution in [0, 0.1) is 17.2 Å². The molecule has 4 nitrogen and oxygen atoms in total. The molecule has 0 aliphatic carbocycles. The largest absolute Gasteiger partial charge is 0.491 e. The van der Waals surface area contributed by atoms with Crippen LogP contribution < -0.4 is 4.74 Å². The van der Waals surface area contributed by atoms with Crippen molar-refractivity contribution in [3.05, 3.63) is 29.8 Å². The van der Waals surface area contributed by atoms with Gasteiger partial charge in [-0.3, -0.25) is 0 Å². The summed E-state index contributed by atoms with van der Waals surface area (Å²) in [6.07, 6.45) is 3.47. The Bertz CT molecular complexity index is 520. The Labute approximate surface area is 134 Å². The standard InChI is InChI=1S/C17H22N2O2.BH3/c18-9-1-2-14-3-5-16(6-4-14)21-13-17(20)12-19-10-7-15(17)8-11-19;/h3-6,15,20H,1-2,7-8,10-13H2;1H3. The highest BCUT2D eigenvalue weighted by Crippen LogP contribution is 2.36. The molecule has 2 bridgehead atoms. The van der Waals surface area contributed by atoms with Gasteiger partial charge in [-0.15, -0.1) is 0 Å². The quantitative estimate of drug-likeness (QED) is 0.817. The Balaban J connectivity index is 0.00000176. The van der Waals surface area contributed by atoms with E-state index in [2.05, 4.69) is 11.0 Å². The van der Waals surface area contributed by atoms with E-state index in [1.165, 1.54) is 0 Å². The molecule has 1 aromatic carbocycles. The van der Waals surface area contributed by atoms with E-state index in [-0.39, 0.29) is 8.41 Å². The van der Waals surface area contributed by atoms with Crippen LogP contribution in [-0.4, -0.2) is 50.3 Å². The molecular formula is C17H25BN2O2. The van der Waals surface area contributed by atoms with Gasteiger partial charge in [0.1, 0.15) is 18.0 Å². The van der Waals surface area contributed by atoms with Crippen molar-refractivity contribution in [1.82, 2.24) is 4.90 Å². The number of hydrogen-bond acceptors (Lipinski definition) is 4.